The van der Waals surface area contributed by atoms with E-state index in [0.29, 0.717) is 0 Å². The molecule has 0 amide bonds. The van der Waals surface area contributed by atoms with Crippen molar-refractivity contribution in [2.45, 2.75) is 0 Å². The van der Waals surface area contributed by atoms with Crippen molar-refractivity contribution in [1.82, 2.24) is 4.98 Å². The second-order valence-corrected chi connectivity index (χ2v) is 5.61. The van der Waals surface area contributed by atoms with E-state index < -0.39 is 5.97 Å². The Morgan fingerprint density at radius 1 is 1.14 bits per heavy atom. The van der Waals surface area contributed by atoms with Crippen LogP contribution in [0.4, 0.5) is 11.4 Å². The summed E-state index contributed by atoms with van der Waals surface area (Å²) in [5.74, 6) is -0.454. The summed E-state index contributed by atoms with van der Waals surface area (Å²) in [6, 6.07) is 17.2. The van der Waals surface area contributed by atoms with Gasteiger partial charge >= 0.3 is 5.97 Å². The number of hydrogen-bond acceptors (Lipinski definition) is 4. The van der Waals surface area contributed by atoms with E-state index in [9.17, 15) is 4.79 Å². The third kappa shape index (κ3) is 2.94. The zero-order valence-electron chi connectivity index (χ0n) is 11.8. The molecule has 0 aliphatic carbocycles. The zero-order valence-corrected chi connectivity index (χ0v) is 13.4. The predicted octanol–water partition coefficient (Wildman–Crippen LogP) is 4.53. The third-order valence-corrected chi connectivity index (χ3v) is 3.76. The standard InChI is InChI=1S/C17H13BrN2O2/c1-22-17(21)16-10-15(13-4-2-3-5-14(13)20-16)19-12-8-6-11(18)7-9-12/h2-10H,1H3,(H,19,20). The van der Waals surface area contributed by atoms with E-state index in [2.05, 4.69) is 26.2 Å². The molecule has 0 unspecified atom stereocenters. The number of rotatable bonds is 3. The lowest BCUT2D eigenvalue weighted by Gasteiger charge is -2.11. The van der Waals surface area contributed by atoms with Gasteiger partial charge in [0.15, 0.2) is 5.69 Å². The van der Waals surface area contributed by atoms with Crippen LogP contribution in [-0.2, 0) is 4.74 Å². The second-order valence-electron chi connectivity index (χ2n) is 4.70. The number of ether oxygens (including phenoxy) is 1. The highest BCUT2D eigenvalue weighted by Crippen LogP contribution is 2.27. The number of aromatic nitrogens is 1. The number of fused-ring (bicyclic) bond motifs is 1. The first-order valence-electron chi connectivity index (χ1n) is 6.68. The van der Waals surface area contributed by atoms with E-state index in [1.807, 2.05) is 48.5 Å². The fourth-order valence-corrected chi connectivity index (χ4v) is 2.44. The minimum Gasteiger partial charge on any atom is -0.464 e. The molecular formula is C17H13BrN2O2. The van der Waals surface area contributed by atoms with E-state index in [4.69, 9.17) is 4.74 Å². The summed E-state index contributed by atoms with van der Waals surface area (Å²) >= 11 is 3.41. The molecule has 110 valence electrons. The van der Waals surface area contributed by atoms with E-state index >= 15 is 0 Å². The number of benzene rings is 2. The van der Waals surface area contributed by atoms with Gasteiger partial charge in [0.25, 0.3) is 0 Å². The molecule has 1 heterocycles. The molecule has 0 aliphatic rings. The van der Waals surface area contributed by atoms with Crippen LogP contribution in [0.3, 0.4) is 0 Å². The maximum Gasteiger partial charge on any atom is 0.356 e. The van der Waals surface area contributed by atoms with Gasteiger partial charge in [-0.2, -0.15) is 0 Å². The maximum atomic E-state index is 11.8. The van der Waals surface area contributed by atoms with Crippen molar-refractivity contribution in [3.63, 3.8) is 0 Å². The van der Waals surface area contributed by atoms with Crippen LogP contribution in [0.15, 0.2) is 59.1 Å². The Bertz CT molecular complexity index is 832. The molecule has 2 aromatic carbocycles. The average Bonchev–Trinajstić information content (AvgIpc) is 2.56. The molecule has 3 aromatic rings. The normalized spacial score (nSPS) is 10.5. The van der Waals surface area contributed by atoms with Crippen molar-refractivity contribution < 1.29 is 9.53 Å². The summed E-state index contributed by atoms with van der Waals surface area (Å²) in [6.07, 6.45) is 0. The van der Waals surface area contributed by atoms with Gasteiger partial charge in [0, 0.05) is 15.5 Å². The minimum absolute atomic E-state index is 0.279. The Morgan fingerprint density at radius 2 is 1.86 bits per heavy atom. The SMILES string of the molecule is COC(=O)c1cc(Nc2ccc(Br)cc2)c2ccccc2n1. The molecule has 1 N–H and O–H groups in total. The van der Waals surface area contributed by atoms with Crippen LogP contribution in [0.2, 0.25) is 0 Å². The lowest BCUT2D eigenvalue weighted by molar-refractivity contribution is 0.0594. The number of nitrogens with one attached hydrogen (secondary N) is 1. The number of pyridine rings is 1. The molecule has 5 heteroatoms. The zero-order chi connectivity index (χ0) is 15.5. The second kappa shape index (κ2) is 6.15. The predicted molar refractivity (Wildman–Crippen MR) is 90.5 cm³/mol. The van der Waals surface area contributed by atoms with Crippen LogP contribution >= 0.6 is 15.9 Å². The summed E-state index contributed by atoms with van der Waals surface area (Å²) in [5.41, 5.74) is 2.76. The van der Waals surface area contributed by atoms with Crippen molar-refractivity contribution in [3.05, 3.63) is 64.8 Å². The Morgan fingerprint density at radius 3 is 2.59 bits per heavy atom. The van der Waals surface area contributed by atoms with E-state index in [-0.39, 0.29) is 5.69 Å². The Labute approximate surface area is 136 Å². The number of carbonyl (C=O) groups excluding carboxylic acids is 1. The molecular weight excluding hydrogens is 344 g/mol. The molecule has 4 nitrogen and oxygen atoms in total. The lowest BCUT2D eigenvalue weighted by Crippen LogP contribution is -2.05. The van der Waals surface area contributed by atoms with Gasteiger partial charge in [-0.1, -0.05) is 34.1 Å². The highest BCUT2D eigenvalue weighted by molar-refractivity contribution is 9.10. The van der Waals surface area contributed by atoms with Gasteiger partial charge in [-0.25, -0.2) is 9.78 Å². The topological polar surface area (TPSA) is 51.2 Å². The first-order valence-corrected chi connectivity index (χ1v) is 7.47. The maximum absolute atomic E-state index is 11.8. The first kappa shape index (κ1) is 14.5. The summed E-state index contributed by atoms with van der Waals surface area (Å²) < 4.78 is 5.78. The van der Waals surface area contributed by atoms with Crippen LogP contribution in [0.5, 0.6) is 0 Å². The number of nitrogens with zero attached hydrogens (tertiary/aromatic N) is 1. The number of esters is 1. The molecule has 3 rings (SSSR count). The van der Waals surface area contributed by atoms with Gasteiger partial charge in [-0.3, -0.25) is 0 Å². The smallest absolute Gasteiger partial charge is 0.356 e. The Kier molecular flexibility index (Phi) is 4.06. The van der Waals surface area contributed by atoms with Crippen molar-refractivity contribution >= 4 is 44.2 Å². The molecule has 0 spiro atoms. The van der Waals surface area contributed by atoms with Gasteiger partial charge in [0.05, 0.1) is 18.3 Å². The van der Waals surface area contributed by atoms with Crippen LogP contribution in [0.25, 0.3) is 10.9 Å². The summed E-state index contributed by atoms with van der Waals surface area (Å²) in [4.78, 5) is 16.1. The Balaban J connectivity index is 2.09. The molecule has 0 bridgehead atoms. The molecule has 0 saturated heterocycles. The molecule has 0 fully saturated rings. The van der Waals surface area contributed by atoms with Gasteiger partial charge in [-0.05, 0) is 36.4 Å². The first-order chi connectivity index (χ1) is 10.7. The number of para-hydroxylation sites is 1. The number of hydrogen-bond donors (Lipinski definition) is 1. The quantitative estimate of drug-likeness (QED) is 0.700. The lowest BCUT2D eigenvalue weighted by atomic mass is 10.1. The van der Waals surface area contributed by atoms with Crippen LogP contribution in [0.1, 0.15) is 10.5 Å². The molecule has 0 radical (unpaired) electrons. The van der Waals surface area contributed by atoms with Gasteiger partial charge in [-0.15, -0.1) is 0 Å². The van der Waals surface area contributed by atoms with Gasteiger partial charge in [0.2, 0.25) is 0 Å². The Hall–Kier alpha value is -2.40. The fraction of sp³-hybridized carbons (Fsp3) is 0.0588. The molecule has 0 atom stereocenters. The molecule has 22 heavy (non-hydrogen) atoms. The third-order valence-electron chi connectivity index (χ3n) is 3.23. The average molecular weight is 357 g/mol. The highest BCUT2D eigenvalue weighted by Gasteiger charge is 2.12. The largest absolute Gasteiger partial charge is 0.464 e. The van der Waals surface area contributed by atoms with Gasteiger partial charge < -0.3 is 10.1 Å². The summed E-state index contributed by atoms with van der Waals surface area (Å²) in [6.45, 7) is 0. The van der Waals surface area contributed by atoms with Crippen molar-refractivity contribution in [2.75, 3.05) is 12.4 Å². The summed E-state index contributed by atoms with van der Waals surface area (Å²) in [5, 5.41) is 4.27. The van der Waals surface area contributed by atoms with Crippen molar-refractivity contribution in [2.24, 2.45) is 0 Å². The monoisotopic (exact) mass is 356 g/mol. The van der Waals surface area contributed by atoms with Crippen molar-refractivity contribution in [1.29, 1.82) is 0 Å². The highest BCUT2D eigenvalue weighted by atomic mass is 79.9. The van der Waals surface area contributed by atoms with E-state index in [1.165, 1.54) is 7.11 Å². The van der Waals surface area contributed by atoms with Crippen LogP contribution in [-0.4, -0.2) is 18.1 Å². The number of methoxy groups -OCH3 is 1. The van der Waals surface area contributed by atoms with E-state index in [0.717, 1.165) is 26.8 Å². The fourth-order valence-electron chi connectivity index (χ4n) is 2.18. The van der Waals surface area contributed by atoms with E-state index in [1.54, 1.807) is 6.07 Å². The van der Waals surface area contributed by atoms with Crippen molar-refractivity contribution in [3.8, 4) is 0 Å². The van der Waals surface area contributed by atoms with Crippen LogP contribution < -0.4 is 5.32 Å². The molecule has 1 aromatic heterocycles. The summed E-state index contributed by atoms with van der Waals surface area (Å²) in [7, 11) is 1.35. The van der Waals surface area contributed by atoms with Crippen LogP contribution in [0, 0.1) is 0 Å². The number of carbonyl (C=O) groups is 1. The molecule has 0 aliphatic heterocycles. The van der Waals surface area contributed by atoms with Gasteiger partial charge in [0.1, 0.15) is 0 Å². The number of halogens is 1. The minimum atomic E-state index is -0.454. The number of anilines is 2. The molecule has 0 saturated carbocycles.